The fraction of sp³-hybridized carbons (Fsp3) is 0.600. The second-order valence-corrected chi connectivity index (χ2v) is 7.60. The highest BCUT2D eigenvalue weighted by atomic mass is 16.6. The molecule has 0 aliphatic carbocycles. The number of methoxy groups -OCH3 is 1. The zero-order valence-corrected chi connectivity index (χ0v) is 16.6. The molecule has 1 unspecified atom stereocenters. The van der Waals surface area contributed by atoms with Crippen molar-refractivity contribution in [2.75, 3.05) is 33.4 Å². The molecule has 7 nitrogen and oxygen atoms in total. The third kappa shape index (κ3) is 6.75. The maximum atomic E-state index is 12.5. The Morgan fingerprint density at radius 3 is 2.44 bits per heavy atom. The lowest BCUT2D eigenvalue weighted by Gasteiger charge is -2.41. The molecule has 2 amide bonds. The van der Waals surface area contributed by atoms with E-state index in [-0.39, 0.29) is 24.8 Å². The Morgan fingerprint density at radius 1 is 1.11 bits per heavy atom. The third-order valence-corrected chi connectivity index (χ3v) is 4.23. The van der Waals surface area contributed by atoms with E-state index in [0.29, 0.717) is 32.7 Å². The molecule has 0 radical (unpaired) electrons. The van der Waals surface area contributed by atoms with Crippen LogP contribution in [0.25, 0.3) is 0 Å². The molecule has 1 aliphatic heterocycles. The molecule has 1 aromatic carbocycles. The summed E-state index contributed by atoms with van der Waals surface area (Å²) in [6.07, 6.45) is -0.107. The van der Waals surface area contributed by atoms with Gasteiger partial charge < -0.3 is 24.0 Å². The highest BCUT2D eigenvalue weighted by molar-refractivity contribution is 5.71. The molecule has 0 aromatic heterocycles. The smallest absolute Gasteiger partial charge is 0.410 e. The van der Waals surface area contributed by atoms with Crippen molar-refractivity contribution >= 4 is 12.2 Å². The number of rotatable bonds is 5. The van der Waals surface area contributed by atoms with Crippen LogP contribution in [0.4, 0.5) is 9.59 Å². The van der Waals surface area contributed by atoms with Gasteiger partial charge in [0.25, 0.3) is 0 Å². The van der Waals surface area contributed by atoms with Crippen LogP contribution in [0.15, 0.2) is 30.3 Å². The first kappa shape index (κ1) is 21.0. The van der Waals surface area contributed by atoms with Crippen molar-refractivity contribution in [1.29, 1.82) is 0 Å². The fourth-order valence-electron chi connectivity index (χ4n) is 2.89. The van der Waals surface area contributed by atoms with Gasteiger partial charge in [0.15, 0.2) is 0 Å². The van der Waals surface area contributed by atoms with Crippen LogP contribution < -0.4 is 0 Å². The molecular weight excluding hydrogens is 348 g/mol. The number of hydrogen-bond acceptors (Lipinski definition) is 5. The van der Waals surface area contributed by atoms with Gasteiger partial charge >= 0.3 is 12.2 Å². The number of nitrogens with zero attached hydrogens (tertiary/aromatic N) is 2. The van der Waals surface area contributed by atoms with Gasteiger partial charge in [0.05, 0.1) is 6.04 Å². The van der Waals surface area contributed by atoms with E-state index in [2.05, 4.69) is 0 Å². The Bertz CT molecular complexity index is 615. The lowest BCUT2D eigenvalue weighted by Crippen LogP contribution is -2.57. The van der Waals surface area contributed by atoms with Crippen molar-refractivity contribution in [1.82, 2.24) is 9.80 Å². The predicted octanol–water partition coefficient (Wildman–Crippen LogP) is 3.28. The SMILES string of the molecule is COCCC1CN(C(=O)OCc2ccccc2)CCN1C(=O)OC(C)(C)C. The van der Waals surface area contributed by atoms with Crippen molar-refractivity contribution in [2.24, 2.45) is 0 Å². The number of amides is 2. The summed E-state index contributed by atoms with van der Waals surface area (Å²) in [5.41, 5.74) is 0.378. The van der Waals surface area contributed by atoms with Gasteiger partial charge in [-0.05, 0) is 32.8 Å². The highest BCUT2D eigenvalue weighted by Gasteiger charge is 2.35. The average Bonchev–Trinajstić information content (AvgIpc) is 2.63. The maximum absolute atomic E-state index is 12.5. The van der Waals surface area contributed by atoms with Crippen molar-refractivity contribution in [3.63, 3.8) is 0 Å². The molecule has 0 N–H and O–H groups in total. The molecule has 7 heteroatoms. The van der Waals surface area contributed by atoms with Crippen molar-refractivity contribution in [3.8, 4) is 0 Å². The Morgan fingerprint density at radius 2 is 1.81 bits per heavy atom. The summed E-state index contributed by atoms with van der Waals surface area (Å²) in [5, 5.41) is 0. The van der Waals surface area contributed by atoms with Crippen LogP contribution in [-0.2, 0) is 20.8 Å². The van der Waals surface area contributed by atoms with Gasteiger partial charge in [0, 0.05) is 33.4 Å². The predicted molar refractivity (Wildman–Crippen MR) is 101 cm³/mol. The molecule has 2 rings (SSSR count). The molecule has 27 heavy (non-hydrogen) atoms. The molecule has 1 fully saturated rings. The number of hydrogen-bond donors (Lipinski definition) is 0. The number of carbonyl (C=O) groups is 2. The molecule has 1 atom stereocenters. The van der Waals surface area contributed by atoms with E-state index in [4.69, 9.17) is 14.2 Å². The quantitative estimate of drug-likeness (QED) is 0.786. The van der Waals surface area contributed by atoms with Gasteiger partial charge in [-0.25, -0.2) is 9.59 Å². The van der Waals surface area contributed by atoms with Crippen LogP contribution in [0.5, 0.6) is 0 Å². The molecule has 1 heterocycles. The summed E-state index contributed by atoms with van der Waals surface area (Å²) in [6.45, 7) is 7.46. The van der Waals surface area contributed by atoms with Gasteiger partial charge in [-0.15, -0.1) is 0 Å². The van der Waals surface area contributed by atoms with Crippen LogP contribution in [0.3, 0.4) is 0 Å². The molecule has 1 aromatic rings. The van der Waals surface area contributed by atoms with Crippen molar-refractivity contribution in [2.45, 2.75) is 45.4 Å². The minimum Gasteiger partial charge on any atom is -0.445 e. The first-order valence-electron chi connectivity index (χ1n) is 9.24. The topological polar surface area (TPSA) is 68.3 Å². The Hall–Kier alpha value is -2.28. The van der Waals surface area contributed by atoms with Crippen LogP contribution in [-0.4, -0.2) is 67.0 Å². The average molecular weight is 378 g/mol. The molecule has 1 saturated heterocycles. The number of ether oxygens (including phenoxy) is 3. The first-order chi connectivity index (χ1) is 12.8. The Labute approximate surface area is 161 Å². The molecule has 150 valence electrons. The van der Waals surface area contributed by atoms with Gasteiger partial charge in [0.2, 0.25) is 0 Å². The Balaban J connectivity index is 1.95. The maximum Gasteiger partial charge on any atom is 0.410 e. The standard InChI is InChI=1S/C20H30N2O5/c1-20(2,3)27-19(24)22-12-11-21(14-17(22)10-13-25-4)18(23)26-15-16-8-6-5-7-9-16/h5-9,17H,10-15H2,1-4H3. The van der Waals surface area contributed by atoms with Gasteiger partial charge in [-0.2, -0.15) is 0 Å². The minimum atomic E-state index is -0.561. The summed E-state index contributed by atoms with van der Waals surface area (Å²) in [5.74, 6) is 0. The third-order valence-electron chi connectivity index (χ3n) is 4.23. The van der Waals surface area contributed by atoms with E-state index < -0.39 is 5.60 Å². The largest absolute Gasteiger partial charge is 0.445 e. The van der Waals surface area contributed by atoms with Crippen LogP contribution in [0.2, 0.25) is 0 Å². The molecule has 0 saturated carbocycles. The lowest BCUT2D eigenvalue weighted by atomic mass is 10.1. The number of carbonyl (C=O) groups excluding carboxylic acids is 2. The van der Waals surface area contributed by atoms with E-state index in [9.17, 15) is 9.59 Å². The molecule has 0 spiro atoms. The fourth-order valence-corrected chi connectivity index (χ4v) is 2.89. The van der Waals surface area contributed by atoms with Crippen LogP contribution in [0.1, 0.15) is 32.8 Å². The second-order valence-electron chi connectivity index (χ2n) is 7.60. The summed E-state index contributed by atoms with van der Waals surface area (Å²) in [6, 6.07) is 9.39. The monoisotopic (exact) mass is 378 g/mol. The van der Waals surface area contributed by atoms with Gasteiger partial charge in [0.1, 0.15) is 12.2 Å². The zero-order chi connectivity index (χ0) is 19.9. The van der Waals surface area contributed by atoms with E-state index in [0.717, 1.165) is 5.56 Å². The van der Waals surface area contributed by atoms with E-state index in [1.165, 1.54) is 0 Å². The van der Waals surface area contributed by atoms with E-state index in [1.807, 2.05) is 51.1 Å². The number of benzene rings is 1. The van der Waals surface area contributed by atoms with Crippen LogP contribution in [0, 0.1) is 0 Å². The second kappa shape index (κ2) is 9.60. The summed E-state index contributed by atoms with van der Waals surface area (Å²) >= 11 is 0. The van der Waals surface area contributed by atoms with Gasteiger partial charge in [-0.3, -0.25) is 0 Å². The zero-order valence-electron chi connectivity index (χ0n) is 16.6. The van der Waals surface area contributed by atoms with Gasteiger partial charge in [-0.1, -0.05) is 30.3 Å². The summed E-state index contributed by atoms with van der Waals surface area (Å²) in [4.78, 5) is 28.3. The van der Waals surface area contributed by atoms with E-state index in [1.54, 1.807) is 16.9 Å². The van der Waals surface area contributed by atoms with Crippen molar-refractivity contribution < 1.29 is 23.8 Å². The highest BCUT2D eigenvalue weighted by Crippen LogP contribution is 2.19. The minimum absolute atomic E-state index is 0.169. The molecular formula is C20H30N2O5. The normalized spacial score (nSPS) is 17.6. The summed E-state index contributed by atoms with van der Waals surface area (Å²) in [7, 11) is 1.62. The van der Waals surface area contributed by atoms with Crippen LogP contribution >= 0.6 is 0 Å². The molecule has 0 bridgehead atoms. The van der Waals surface area contributed by atoms with Crippen molar-refractivity contribution in [3.05, 3.63) is 35.9 Å². The molecule has 1 aliphatic rings. The number of piperazine rings is 1. The lowest BCUT2D eigenvalue weighted by molar-refractivity contribution is -0.00781. The first-order valence-corrected chi connectivity index (χ1v) is 9.24. The summed E-state index contributed by atoms with van der Waals surface area (Å²) < 4.78 is 16.1. The van der Waals surface area contributed by atoms with E-state index >= 15 is 0 Å². The Kier molecular flexibility index (Phi) is 7.47.